The van der Waals surface area contributed by atoms with Gasteiger partial charge >= 0.3 is 6.18 Å². The number of oxazole rings is 1. The first kappa shape index (κ1) is 17.5. The predicted molar refractivity (Wildman–Crippen MR) is 85.9 cm³/mol. The van der Waals surface area contributed by atoms with Gasteiger partial charge in [0.2, 0.25) is 5.89 Å². The second-order valence-electron chi connectivity index (χ2n) is 6.32. The molecule has 1 aromatic carbocycles. The molecule has 1 aromatic heterocycles. The van der Waals surface area contributed by atoms with Gasteiger partial charge in [-0.15, -0.1) is 0 Å². The summed E-state index contributed by atoms with van der Waals surface area (Å²) in [6.07, 6.45) is 2.24. The molecule has 134 valence electrons. The predicted octanol–water partition coefficient (Wildman–Crippen LogP) is 4.77. The van der Waals surface area contributed by atoms with Gasteiger partial charge in [0.25, 0.3) is 5.91 Å². The smallest absolute Gasteiger partial charge is 0.416 e. The second-order valence-corrected chi connectivity index (χ2v) is 6.32. The number of amides is 1. The Morgan fingerprint density at radius 1 is 1.16 bits per heavy atom. The van der Waals surface area contributed by atoms with E-state index in [1.165, 1.54) is 24.8 Å². The molecule has 0 spiro atoms. The molecule has 1 aliphatic rings. The van der Waals surface area contributed by atoms with E-state index in [0.717, 1.165) is 37.8 Å². The van der Waals surface area contributed by atoms with E-state index in [1.54, 1.807) is 11.9 Å². The monoisotopic (exact) mass is 352 g/mol. The quantitative estimate of drug-likeness (QED) is 0.800. The summed E-state index contributed by atoms with van der Waals surface area (Å²) in [5, 5.41) is 0. The summed E-state index contributed by atoms with van der Waals surface area (Å²) < 4.78 is 43.1. The van der Waals surface area contributed by atoms with Crippen molar-refractivity contribution in [2.24, 2.45) is 0 Å². The second kappa shape index (κ2) is 6.90. The minimum atomic E-state index is -4.39. The third-order valence-corrected chi connectivity index (χ3v) is 4.63. The highest BCUT2D eigenvalue weighted by Gasteiger charge is 2.30. The van der Waals surface area contributed by atoms with Gasteiger partial charge in [-0.05, 0) is 37.1 Å². The summed E-state index contributed by atoms with van der Waals surface area (Å²) in [6, 6.07) is 4.71. The van der Waals surface area contributed by atoms with Crippen LogP contribution in [0.4, 0.5) is 13.2 Å². The van der Waals surface area contributed by atoms with Crippen LogP contribution in [0.2, 0.25) is 0 Å². The van der Waals surface area contributed by atoms with Crippen molar-refractivity contribution < 1.29 is 22.4 Å². The number of carbonyl (C=O) groups excluding carboxylic acids is 1. The van der Waals surface area contributed by atoms with Crippen LogP contribution in [0.3, 0.4) is 0 Å². The number of halogens is 3. The van der Waals surface area contributed by atoms with Gasteiger partial charge in [-0.25, -0.2) is 4.98 Å². The summed E-state index contributed by atoms with van der Waals surface area (Å²) in [5.41, 5.74) is -0.175. The van der Waals surface area contributed by atoms with Crippen molar-refractivity contribution >= 4 is 5.91 Å². The zero-order valence-corrected chi connectivity index (χ0v) is 13.8. The Morgan fingerprint density at radius 3 is 2.40 bits per heavy atom. The summed E-state index contributed by atoms with van der Waals surface area (Å²) in [7, 11) is 1.75. The minimum Gasteiger partial charge on any atom is -0.444 e. The van der Waals surface area contributed by atoms with E-state index in [0.29, 0.717) is 5.56 Å². The summed E-state index contributed by atoms with van der Waals surface area (Å²) in [4.78, 5) is 18.4. The van der Waals surface area contributed by atoms with Crippen molar-refractivity contribution in [1.29, 1.82) is 0 Å². The number of aromatic nitrogens is 1. The van der Waals surface area contributed by atoms with Crippen molar-refractivity contribution in [1.82, 2.24) is 9.88 Å². The van der Waals surface area contributed by atoms with Crippen molar-refractivity contribution in [3.63, 3.8) is 0 Å². The third-order valence-electron chi connectivity index (χ3n) is 4.63. The van der Waals surface area contributed by atoms with Crippen LogP contribution in [0.25, 0.3) is 11.5 Å². The first-order valence-corrected chi connectivity index (χ1v) is 8.26. The molecule has 0 bridgehead atoms. The zero-order valence-electron chi connectivity index (χ0n) is 13.8. The molecule has 1 heterocycles. The molecule has 1 saturated carbocycles. The highest BCUT2D eigenvalue weighted by atomic mass is 19.4. The van der Waals surface area contributed by atoms with E-state index in [2.05, 4.69) is 4.98 Å². The van der Waals surface area contributed by atoms with Gasteiger partial charge in [-0.1, -0.05) is 19.3 Å². The molecule has 1 fully saturated rings. The highest BCUT2D eigenvalue weighted by Crippen LogP contribution is 2.31. The fourth-order valence-electron chi connectivity index (χ4n) is 3.12. The van der Waals surface area contributed by atoms with Crippen LogP contribution in [0.5, 0.6) is 0 Å². The lowest BCUT2D eigenvalue weighted by molar-refractivity contribution is -0.137. The molecule has 0 unspecified atom stereocenters. The number of benzene rings is 1. The van der Waals surface area contributed by atoms with Gasteiger partial charge in [0.15, 0.2) is 5.69 Å². The van der Waals surface area contributed by atoms with Crippen LogP contribution in [0.1, 0.15) is 48.2 Å². The van der Waals surface area contributed by atoms with Gasteiger partial charge in [-0.3, -0.25) is 4.79 Å². The summed E-state index contributed by atoms with van der Waals surface area (Å²) in [5.74, 6) is -0.0945. The van der Waals surface area contributed by atoms with E-state index in [4.69, 9.17) is 4.42 Å². The van der Waals surface area contributed by atoms with Gasteiger partial charge in [0, 0.05) is 18.7 Å². The maximum absolute atomic E-state index is 12.6. The number of nitrogens with zero attached hydrogens (tertiary/aromatic N) is 2. The van der Waals surface area contributed by atoms with E-state index in [1.807, 2.05) is 0 Å². The third kappa shape index (κ3) is 3.86. The van der Waals surface area contributed by atoms with Crippen LogP contribution in [-0.4, -0.2) is 28.9 Å². The van der Waals surface area contributed by atoms with Gasteiger partial charge in [0.1, 0.15) is 6.26 Å². The van der Waals surface area contributed by atoms with Crippen LogP contribution in [0.15, 0.2) is 34.9 Å². The van der Waals surface area contributed by atoms with Crippen molar-refractivity contribution in [2.45, 2.75) is 44.3 Å². The van der Waals surface area contributed by atoms with Gasteiger partial charge < -0.3 is 9.32 Å². The molecule has 0 saturated heterocycles. The molecule has 1 amide bonds. The molecule has 2 aromatic rings. The summed E-state index contributed by atoms with van der Waals surface area (Å²) >= 11 is 0. The number of hydrogen-bond acceptors (Lipinski definition) is 3. The lowest BCUT2D eigenvalue weighted by Gasteiger charge is -2.30. The lowest BCUT2D eigenvalue weighted by atomic mass is 9.94. The van der Waals surface area contributed by atoms with Crippen LogP contribution in [-0.2, 0) is 6.18 Å². The van der Waals surface area contributed by atoms with E-state index in [-0.39, 0.29) is 23.5 Å². The molecule has 0 radical (unpaired) electrons. The molecule has 0 atom stereocenters. The molecule has 1 aliphatic carbocycles. The molecule has 0 N–H and O–H groups in total. The Bertz CT molecular complexity index is 732. The highest BCUT2D eigenvalue weighted by molar-refractivity contribution is 5.92. The maximum atomic E-state index is 12.6. The SMILES string of the molecule is CN(C(=O)c1coc(-c2ccc(C(F)(F)F)cc2)n1)C1CCCCC1. The lowest BCUT2D eigenvalue weighted by Crippen LogP contribution is -2.38. The van der Waals surface area contributed by atoms with Gasteiger partial charge in [-0.2, -0.15) is 13.2 Å². The molecule has 25 heavy (non-hydrogen) atoms. The molecular formula is C18H19F3N2O2. The Balaban J connectivity index is 1.74. The minimum absolute atomic E-state index is 0.133. The Morgan fingerprint density at radius 2 is 1.80 bits per heavy atom. The van der Waals surface area contributed by atoms with E-state index in [9.17, 15) is 18.0 Å². The Kier molecular flexibility index (Phi) is 4.83. The van der Waals surface area contributed by atoms with Crippen LogP contribution < -0.4 is 0 Å². The van der Waals surface area contributed by atoms with E-state index < -0.39 is 11.7 Å². The first-order valence-electron chi connectivity index (χ1n) is 8.26. The van der Waals surface area contributed by atoms with Crippen molar-refractivity contribution in [2.75, 3.05) is 7.05 Å². The van der Waals surface area contributed by atoms with Crippen molar-refractivity contribution in [3.05, 3.63) is 41.8 Å². The molecule has 3 rings (SSSR count). The standard InChI is InChI=1S/C18H19F3N2O2/c1-23(14-5-3-2-4-6-14)17(24)15-11-25-16(22-15)12-7-9-13(10-8-12)18(19,20)21/h7-11,14H,2-6H2,1H3. The molecular weight excluding hydrogens is 333 g/mol. The molecule has 7 heteroatoms. The van der Waals surface area contributed by atoms with Crippen molar-refractivity contribution in [3.8, 4) is 11.5 Å². The normalized spacial score (nSPS) is 16.0. The maximum Gasteiger partial charge on any atom is 0.416 e. The first-order chi connectivity index (χ1) is 11.9. The van der Waals surface area contributed by atoms with Crippen LogP contribution in [0, 0.1) is 0 Å². The fraction of sp³-hybridized carbons (Fsp3) is 0.444. The fourth-order valence-corrected chi connectivity index (χ4v) is 3.12. The molecule has 4 nitrogen and oxygen atoms in total. The number of carbonyl (C=O) groups is 1. The molecule has 0 aliphatic heterocycles. The number of rotatable bonds is 3. The van der Waals surface area contributed by atoms with E-state index >= 15 is 0 Å². The average molecular weight is 352 g/mol. The average Bonchev–Trinajstić information content (AvgIpc) is 3.10. The van der Waals surface area contributed by atoms with Crippen LogP contribution >= 0.6 is 0 Å². The Labute approximate surface area is 143 Å². The van der Waals surface area contributed by atoms with Gasteiger partial charge in [0.05, 0.1) is 5.56 Å². The number of alkyl halides is 3. The largest absolute Gasteiger partial charge is 0.444 e. The zero-order chi connectivity index (χ0) is 18.0. The summed E-state index contributed by atoms with van der Waals surface area (Å²) in [6.45, 7) is 0. The topological polar surface area (TPSA) is 46.3 Å². The number of hydrogen-bond donors (Lipinski definition) is 0. The Hall–Kier alpha value is -2.31.